The third kappa shape index (κ3) is 2.04. The van der Waals surface area contributed by atoms with Crippen molar-refractivity contribution in [2.75, 3.05) is 13.1 Å². The van der Waals surface area contributed by atoms with E-state index in [0.717, 1.165) is 9.35 Å². The summed E-state index contributed by atoms with van der Waals surface area (Å²) in [6.45, 7) is 2.86. The quantitative estimate of drug-likeness (QED) is 0.787. The topological polar surface area (TPSA) is 37.4 Å². The van der Waals surface area contributed by atoms with Crippen LogP contribution in [0.1, 0.15) is 5.56 Å². The second-order valence-corrected chi connectivity index (χ2v) is 7.85. The van der Waals surface area contributed by atoms with Crippen molar-refractivity contribution in [1.29, 1.82) is 0 Å². The van der Waals surface area contributed by atoms with Gasteiger partial charge in [0.2, 0.25) is 0 Å². The largest absolute Gasteiger partial charge is 0.253 e. The number of hydrogen-bond donors (Lipinski definition) is 0. The molecule has 0 saturated heterocycles. The summed E-state index contributed by atoms with van der Waals surface area (Å²) in [5.74, 6) is 0. The van der Waals surface area contributed by atoms with E-state index in [2.05, 4.69) is 15.9 Å². The maximum atomic E-state index is 12.1. The van der Waals surface area contributed by atoms with Gasteiger partial charge in [0.15, 0.2) is 0 Å². The van der Waals surface area contributed by atoms with Gasteiger partial charge in [-0.25, -0.2) is 8.42 Å². The van der Waals surface area contributed by atoms with E-state index < -0.39 is 10.0 Å². The summed E-state index contributed by atoms with van der Waals surface area (Å²) in [5.41, 5.74) is 0.964. The highest BCUT2D eigenvalue weighted by Crippen LogP contribution is 2.32. The molecule has 0 fully saturated rings. The fraction of sp³-hybridized carbons (Fsp3) is 0.333. The molecular formula is C9H10BrNO2S2. The molecule has 1 aromatic heterocycles. The van der Waals surface area contributed by atoms with Gasteiger partial charge in [0.1, 0.15) is 4.21 Å². The number of rotatable bonds is 2. The average molecular weight is 308 g/mol. The minimum Gasteiger partial charge on any atom is -0.206 e. The van der Waals surface area contributed by atoms with Crippen LogP contribution in [0.5, 0.6) is 0 Å². The Morgan fingerprint density at radius 3 is 2.47 bits per heavy atom. The Balaban J connectivity index is 2.37. The van der Waals surface area contributed by atoms with Gasteiger partial charge >= 0.3 is 0 Å². The summed E-state index contributed by atoms with van der Waals surface area (Å²) in [5, 5.41) is 0. The summed E-state index contributed by atoms with van der Waals surface area (Å²) < 4.78 is 26.9. The van der Waals surface area contributed by atoms with E-state index in [1.165, 1.54) is 15.6 Å². The molecule has 1 aromatic rings. The van der Waals surface area contributed by atoms with E-state index in [9.17, 15) is 8.42 Å². The van der Waals surface area contributed by atoms with Crippen LogP contribution in [-0.4, -0.2) is 25.8 Å². The molecular weight excluding hydrogens is 298 g/mol. The SMILES string of the molecule is Cc1cc(S(=O)(=O)N2CC=CC2)sc1Br. The summed E-state index contributed by atoms with van der Waals surface area (Å²) in [4.78, 5) is 0. The first-order chi connectivity index (χ1) is 7.01. The van der Waals surface area contributed by atoms with E-state index in [-0.39, 0.29) is 0 Å². The van der Waals surface area contributed by atoms with Crippen molar-refractivity contribution in [3.8, 4) is 0 Å². The third-order valence-electron chi connectivity index (χ3n) is 2.21. The van der Waals surface area contributed by atoms with Crippen LogP contribution in [0.25, 0.3) is 0 Å². The van der Waals surface area contributed by atoms with Crippen LogP contribution < -0.4 is 0 Å². The average Bonchev–Trinajstić information content (AvgIpc) is 2.77. The van der Waals surface area contributed by atoms with Crippen LogP contribution in [0.2, 0.25) is 0 Å². The van der Waals surface area contributed by atoms with Crippen molar-refractivity contribution in [3.63, 3.8) is 0 Å². The Bertz CT molecular complexity index is 477. The molecule has 0 aliphatic carbocycles. The zero-order chi connectivity index (χ0) is 11.1. The number of sulfonamides is 1. The van der Waals surface area contributed by atoms with Crippen LogP contribution in [0.4, 0.5) is 0 Å². The summed E-state index contributed by atoms with van der Waals surface area (Å²) in [6, 6.07) is 1.71. The Kier molecular flexibility index (Phi) is 3.03. The van der Waals surface area contributed by atoms with Crippen molar-refractivity contribution >= 4 is 37.3 Å². The van der Waals surface area contributed by atoms with Gasteiger partial charge in [-0.05, 0) is 34.5 Å². The minimum absolute atomic E-state index is 0.413. The Morgan fingerprint density at radius 1 is 1.40 bits per heavy atom. The van der Waals surface area contributed by atoms with Gasteiger partial charge in [0.05, 0.1) is 3.79 Å². The summed E-state index contributed by atoms with van der Waals surface area (Å²) in [7, 11) is -3.28. The molecule has 0 atom stereocenters. The van der Waals surface area contributed by atoms with E-state index in [0.29, 0.717) is 17.3 Å². The molecule has 0 saturated carbocycles. The predicted molar refractivity (Wildman–Crippen MR) is 64.7 cm³/mol. The molecule has 1 aliphatic heterocycles. The Hall–Kier alpha value is -0.170. The van der Waals surface area contributed by atoms with Crippen molar-refractivity contribution in [2.24, 2.45) is 0 Å². The molecule has 0 N–H and O–H groups in total. The van der Waals surface area contributed by atoms with Gasteiger partial charge in [0.25, 0.3) is 10.0 Å². The van der Waals surface area contributed by atoms with Gasteiger partial charge in [-0.1, -0.05) is 12.2 Å². The number of aryl methyl sites for hydroxylation is 1. The van der Waals surface area contributed by atoms with Gasteiger partial charge in [-0.15, -0.1) is 11.3 Å². The van der Waals surface area contributed by atoms with Gasteiger partial charge in [0, 0.05) is 13.1 Å². The highest BCUT2D eigenvalue weighted by molar-refractivity contribution is 9.11. The molecule has 0 aromatic carbocycles. The molecule has 2 rings (SSSR count). The number of hydrogen-bond acceptors (Lipinski definition) is 3. The van der Waals surface area contributed by atoms with Crippen LogP contribution in [0.15, 0.2) is 26.2 Å². The smallest absolute Gasteiger partial charge is 0.206 e. The second-order valence-electron chi connectivity index (χ2n) is 3.32. The lowest BCUT2D eigenvalue weighted by molar-refractivity contribution is 0.490. The standard InChI is InChI=1S/C9H10BrNO2S2/c1-7-6-8(14-9(7)10)15(12,13)11-4-2-3-5-11/h2-3,6H,4-5H2,1H3. The number of thiophene rings is 1. The lowest BCUT2D eigenvalue weighted by Crippen LogP contribution is -2.27. The number of halogens is 1. The third-order valence-corrected chi connectivity index (χ3v) is 6.63. The van der Waals surface area contributed by atoms with Crippen LogP contribution in [-0.2, 0) is 10.0 Å². The van der Waals surface area contributed by atoms with Crippen LogP contribution in [0, 0.1) is 6.92 Å². The number of nitrogens with zero attached hydrogens (tertiary/aromatic N) is 1. The maximum absolute atomic E-state index is 12.1. The predicted octanol–water partition coefficient (Wildman–Crippen LogP) is 2.38. The molecule has 0 radical (unpaired) electrons. The van der Waals surface area contributed by atoms with E-state index in [4.69, 9.17) is 0 Å². The summed E-state index contributed by atoms with van der Waals surface area (Å²) in [6.07, 6.45) is 3.74. The molecule has 0 bridgehead atoms. The lowest BCUT2D eigenvalue weighted by Gasteiger charge is -2.13. The molecule has 0 amide bonds. The van der Waals surface area contributed by atoms with Gasteiger partial charge in [-0.2, -0.15) is 4.31 Å². The van der Waals surface area contributed by atoms with Crippen molar-refractivity contribution in [2.45, 2.75) is 11.1 Å². The highest BCUT2D eigenvalue weighted by Gasteiger charge is 2.26. The van der Waals surface area contributed by atoms with E-state index >= 15 is 0 Å². The highest BCUT2D eigenvalue weighted by atomic mass is 79.9. The van der Waals surface area contributed by atoms with Crippen molar-refractivity contribution in [1.82, 2.24) is 4.31 Å². The second kappa shape index (κ2) is 4.01. The zero-order valence-electron chi connectivity index (χ0n) is 8.10. The van der Waals surface area contributed by atoms with Gasteiger partial charge < -0.3 is 0 Å². The molecule has 1 aliphatic rings. The van der Waals surface area contributed by atoms with Crippen LogP contribution in [0.3, 0.4) is 0 Å². The first-order valence-electron chi connectivity index (χ1n) is 4.43. The van der Waals surface area contributed by atoms with E-state index in [1.807, 2.05) is 19.1 Å². The molecule has 6 heteroatoms. The fourth-order valence-corrected chi connectivity index (χ4v) is 5.06. The Morgan fingerprint density at radius 2 is 2.00 bits per heavy atom. The molecule has 15 heavy (non-hydrogen) atoms. The molecule has 0 unspecified atom stereocenters. The Labute approximate surface area is 102 Å². The van der Waals surface area contributed by atoms with Crippen molar-refractivity contribution < 1.29 is 8.42 Å². The fourth-order valence-electron chi connectivity index (χ4n) is 1.34. The summed E-state index contributed by atoms with van der Waals surface area (Å²) >= 11 is 4.60. The maximum Gasteiger partial charge on any atom is 0.253 e. The van der Waals surface area contributed by atoms with Crippen molar-refractivity contribution in [3.05, 3.63) is 27.6 Å². The normalized spacial score (nSPS) is 17.5. The van der Waals surface area contributed by atoms with E-state index in [1.54, 1.807) is 6.07 Å². The monoisotopic (exact) mass is 307 g/mol. The molecule has 82 valence electrons. The van der Waals surface area contributed by atoms with Gasteiger partial charge in [-0.3, -0.25) is 0 Å². The van der Waals surface area contributed by atoms with Crippen LogP contribution >= 0.6 is 27.3 Å². The molecule has 3 nitrogen and oxygen atoms in total. The zero-order valence-corrected chi connectivity index (χ0v) is 11.3. The lowest BCUT2D eigenvalue weighted by atomic mass is 10.4. The first kappa shape index (κ1) is 11.3. The first-order valence-corrected chi connectivity index (χ1v) is 7.48. The molecule has 2 heterocycles. The minimum atomic E-state index is -3.28. The molecule has 0 spiro atoms.